The Kier molecular flexibility index (Phi) is 4.42. The zero-order valence-electron chi connectivity index (χ0n) is 11.3. The van der Waals surface area contributed by atoms with E-state index >= 15 is 0 Å². The van der Waals surface area contributed by atoms with Gasteiger partial charge in [-0.15, -0.1) is 0 Å². The average molecular weight is 290 g/mol. The zero-order valence-corrected chi connectivity index (χ0v) is 12.1. The highest BCUT2D eigenvalue weighted by Crippen LogP contribution is 2.18. The number of benzene rings is 2. The number of nitrogens with one attached hydrogen (secondary N) is 1. The zero-order chi connectivity index (χ0) is 14.6. The van der Waals surface area contributed by atoms with E-state index in [1.165, 1.54) is 11.6 Å². The van der Waals surface area contributed by atoms with Crippen molar-refractivity contribution < 1.29 is 8.42 Å². The van der Waals surface area contributed by atoms with E-state index in [9.17, 15) is 8.42 Å². The Morgan fingerprint density at radius 1 is 1.10 bits per heavy atom. The van der Waals surface area contributed by atoms with Crippen LogP contribution in [0.15, 0.2) is 59.5 Å². The molecule has 1 atom stereocenters. The molecule has 0 spiro atoms. The van der Waals surface area contributed by atoms with Gasteiger partial charge in [0, 0.05) is 12.2 Å². The van der Waals surface area contributed by atoms with Gasteiger partial charge in [0.15, 0.2) is 0 Å². The Labute approximate surface area is 119 Å². The van der Waals surface area contributed by atoms with Gasteiger partial charge in [0.05, 0.1) is 4.90 Å². The lowest BCUT2D eigenvalue weighted by molar-refractivity contribution is 0.598. The van der Waals surface area contributed by atoms with Crippen LogP contribution in [-0.2, 0) is 10.0 Å². The van der Waals surface area contributed by atoms with Crippen LogP contribution in [0.2, 0.25) is 0 Å². The third-order valence-electron chi connectivity index (χ3n) is 3.14. The number of hydrogen-bond acceptors (Lipinski definition) is 3. The standard InChI is InChI=1S/C15H18N2O2S/c1-12(13-6-3-2-4-7-13)11-17-14-8-5-9-15(10-14)20(16,18)19/h2-10,12,17H,11H2,1H3,(H2,16,18,19)/t12-/m0/s1. The van der Waals surface area contributed by atoms with Crippen molar-refractivity contribution in [2.24, 2.45) is 5.14 Å². The number of anilines is 1. The summed E-state index contributed by atoms with van der Waals surface area (Å²) in [6.07, 6.45) is 0. The van der Waals surface area contributed by atoms with Gasteiger partial charge in [-0.05, 0) is 29.7 Å². The van der Waals surface area contributed by atoms with Crippen LogP contribution < -0.4 is 10.5 Å². The second kappa shape index (κ2) is 6.07. The summed E-state index contributed by atoms with van der Waals surface area (Å²) in [4.78, 5) is 0.120. The molecule has 0 aliphatic rings. The third kappa shape index (κ3) is 3.82. The summed E-state index contributed by atoms with van der Waals surface area (Å²) in [5, 5.41) is 8.35. The van der Waals surface area contributed by atoms with Gasteiger partial charge in [-0.25, -0.2) is 13.6 Å². The summed E-state index contributed by atoms with van der Waals surface area (Å²) in [5.41, 5.74) is 1.99. The van der Waals surface area contributed by atoms with Crippen LogP contribution in [0.1, 0.15) is 18.4 Å². The van der Waals surface area contributed by atoms with E-state index in [-0.39, 0.29) is 4.90 Å². The molecule has 0 saturated heterocycles. The van der Waals surface area contributed by atoms with E-state index in [2.05, 4.69) is 24.4 Å². The maximum atomic E-state index is 11.3. The molecule has 4 nitrogen and oxygen atoms in total. The molecule has 0 aliphatic heterocycles. The summed E-state index contributed by atoms with van der Waals surface area (Å²) < 4.78 is 22.6. The van der Waals surface area contributed by atoms with Crippen LogP contribution in [0.25, 0.3) is 0 Å². The van der Waals surface area contributed by atoms with Crippen LogP contribution in [0.5, 0.6) is 0 Å². The minimum atomic E-state index is -3.66. The Morgan fingerprint density at radius 2 is 1.80 bits per heavy atom. The predicted octanol–water partition coefficient (Wildman–Crippen LogP) is 2.55. The van der Waals surface area contributed by atoms with Crippen molar-refractivity contribution in [3.63, 3.8) is 0 Å². The van der Waals surface area contributed by atoms with Crippen molar-refractivity contribution in [1.82, 2.24) is 0 Å². The van der Waals surface area contributed by atoms with Gasteiger partial charge in [-0.2, -0.15) is 0 Å². The first-order chi connectivity index (χ1) is 9.47. The van der Waals surface area contributed by atoms with Gasteiger partial charge in [-0.3, -0.25) is 0 Å². The van der Waals surface area contributed by atoms with Crippen LogP contribution in [0.4, 0.5) is 5.69 Å². The van der Waals surface area contributed by atoms with Crippen molar-refractivity contribution in [2.45, 2.75) is 17.7 Å². The average Bonchev–Trinajstić information content (AvgIpc) is 2.45. The Balaban J connectivity index is 2.05. The summed E-state index contributed by atoms with van der Waals surface area (Å²) in [6, 6.07) is 16.7. The van der Waals surface area contributed by atoms with Gasteiger partial charge in [0.1, 0.15) is 0 Å². The summed E-state index contributed by atoms with van der Waals surface area (Å²) in [5.74, 6) is 0.328. The molecule has 20 heavy (non-hydrogen) atoms. The van der Waals surface area contributed by atoms with E-state index in [1.807, 2.05) is 24.3 Å². The van der Waals surface area contributed by atoms with E-state index in [4.69, 9.17) is 5.14 Å². The Bertz CT molecular complexity index is 669. The summed E-state index contributed by atoms with van der Waals surface area (Å²) in [7, 11) is -3.66. The fourth-order valence-corrected chi connectivity index (χ4v) is 2.51. The fraction of sp³-hybridized carbons (Fsp3) is 0.200. The highest BCUT2D eigenvalue weighted by Gasteiger charge is 2.09. The van der Waals surface area contributed by atoms with E-state index in [0.717, 1.165) is 12.2 Å². The SMILES string of the molecule is C[C@@H](CNc1cccc(S(N)(=O)=O)c1)c1ccccc1. The van der Waals surface area contributed by atoms with Gasteiger partial charge in [-0.1, -0.05) is 43.3 Å². The second-order valence-corrected chi connectivity index (χ2v) is 6.33. The number of primary sulfonamides is 1. The third-order valence-corrected chi connectivity index (χ3v) is 4.05. The van der Waals surface area contributed by atoms with Gasteiger partial charge >= 0.3 is 0 Å². The maximum absolute atomic E-state index is 11.3. The Morgan fingerprint density at radius 3 is 2.45 bits per heavy atom. The maximum Gasteiger partial charge on any atom is 0.238 e. The first kappa shape index (κ1) is 14.6. The van der Waals surface area contributed by atoms with Crippen LogP contribution in [0, 0.1) is 0 Å². The second-order valence-electron chi connectivity index (χ2n) is 4.77. The van der Waals surface area contributed by atoms with Gasteiger partial charge in [0.2, 0.25) is 10.0 Å². The molecule has 3 N–H and O–H groups in total. The van der Waals surface area contributed by atoms with Crippen molar-refractivity contribution in [1.29, 1.82) is 0 Å². The molecule has 0 aliphatic carbocycles. The van der Waals surface area contributed by atoms with Crippen LogP contribution in [-0.4, -0.2) is 15.0 Å². The smallest absolute Gasteiger partial charge is 0.238 e. The minimum absolute atomic E-state index is 0.120. The lowest BCUT2D eigenvalue weighted by atomic mass is 10.0. The minimum Gasteiger partial charge on any atom is -0.384 e. The van der Waals surface area contributed by atoms with Gasteiger partial charge < -0.3 is 5.32 Å². The fourth-order valence-electron chi connectivity index (χ4n) is 1.95. The highest BCUT2D eigenvalue weighted by atomic mass is 32.2. The number of sulfonamides is 1. The molecular formula is C15H18N2O2S. The van der Waals surface area contributed by atoms with E-state index < -0.39 is 10.0 Å². The molecule has 106 valence electrons. The van der Waals surface area contributed by atoms with Crippen LogP contribution in [0.3, 0.4) is 0 Å². The molecule has 2 aromatic carbocycles. The molecule has 0 aromatic heterocycles. The molecule has 0 unspecified atom stereocenters. The van der Waals surface area contributed by atoms with Crippen molar-refractivity contribution in [2.75, 3.05) is 11.9 Å². The number of nitrogens with two attached hydrogens (primary N) is 1. The van der Waals surface area contributed by atoms with Crippen molar-refractivity contribution >= 4 is 15.7 Å². The van der Waals surface area contributed by atoms with Crippen LogP contribution >= 0.6 is 0 Å². The normalized spacial score (nSPS) is 12.9. The topological polar surface area (TPSA) is 72.2 Å². The monoisotopic (exact) mass is 290 g/mol. The quantitative estimate of drug-likeness (QED) is 0.889. The molecule has 2 aromatic rings. The number of hydrogen-bond donors (Lipinski definition) is 2. The summed E-state index contributed by atoms with van der Waals surface area (Å²) >= 11 is 0. The molecule has 0 amide bonds. The van der Waals surface area contributed by atoms with E-state index in [1.54, 1.807) is 12.1 Å². The summed E-state index contributed by atoms with van der Waals surface area (Å²) in [6.45, 7) is 2.84. The molecule has 0 saturated carbocycles. The molecule has 0 bridgehead atoms. The first-order valence-corrected chi connectivity index (χ1v) is 7.93. The first-order valence-electron chi connectivity index (χ1n) is 6.38. The van der Waals surface area contributed by atoms with Gasteiger partial charge in [0.25, 0.3) is 0 Å². The molecule has 0 radical (unpaired) electrons. The van der Waals surface area contributed by atoms with E-state index in [0.29, 0.717) is 5.92 Å². The molecule has 0 heterocycles. The molecule has 5 heteroatoms. The molecular weight excluding hydrogens is 272 g/mol. The lowest BCUT2D eigenvalue weighted by Gasteiger charge is -2.14. The van der Waals surface area contributed by atoms with Crippen molar-refractivity contribution in [3.8, 4) is 0 Å². The molecule has 2 rings (SSSR count). The van der Waals surface area contributed by atoms with Crippen molar-refractivity contribution in [3.05, 3.63) is 60.2 Å². The molecule has 0 fully saturated rings. The Hall–Kier alpha value is -1.85. The lowest BCUT2D eigenvalue weighted by Crippen LogP contribution is -2.13. The predicted molar refractivity (Wildman–Crippen MR) is 81.2 cm³/mol. The number of rotatable bonds is 5. The highest BCUT2D eigenvalue weighted by molar-refractivity contribution is 7.89. The largest absolute Gasteiger partial charge is 0.384 e.